The Kier molecular flexibility index (Phi) is 4.10. The molecule has 25 heavy (non-hydrogen) atoms. The van der Waals surface area contributed by atoms with Gasteiger partial charge >= 0.3 is 5.97 Å². The highest BCUT2D eigenvalue weighted by Crippen LogP contribution is 2.39. The van der Waals surface area contributed by atoms with E-state index in [1.54, 1.807) is 30.3 Å². The van der Waals surface area contributed by atoms with Crippen LogP contribution in [0.3, 0.4) is 0 Å². The van der Waals surface area contributed by atoms with Gasteiger partial charge in [0.05, 0.1) is 11.6 Å². The fourth-order valence-electron chi connectivity index (χ4n) is 2.93. The van der Waals surface area contributed by atoms with Crippen molar-refractivity contribution in [2.24, 2.45) is 0 Å². The maximum Gasteiger partial charge on any atom is 0.335 e. The molecule has 0 aromatic heterocycles. The van der Waals surface area contributed by atoms with E-state index in [-0.39, 0.29) is 11.1 Å². The molecule has 126 valence electrons. The number of hydrogen-bond donors (Lipinski definition) is 1. The summed E-state index contributed by atoms with van der Waals surface area (Å²) in [5.41, 5.74) is 0.968. The van der Waals surface area contributed by atoms with E-state index in [4.69, 9.17) is 5.11 Å². The highest BCUT2D eigenvalue weighted by molar-refractivity contribution is 6.15. The maximum absolute atomic E-state index is 12.5. The third kappa shape index (κ3) is 2.78. The number of nitrogens with zero attached hydrogens (tertiary/aromatic N) is 1. The first-order valence-corrected chi connectivity index (χ1v) is 7.55. The Balaban J connectivity index is 2.12. The number of hydrogen-bond acceptors (Lipinski definition) is 4. The SMILES string of the molecule is CC(=O)C1=C([O-])C(=O)N(c2ccc(C(=O)O)cc2)[C@@H]1c1ccccc1. The molecule has 0 saturated carbocycles. The third-order valence-electron chi connectivity index (χ3n) is 4.08. The fourth-order valence-corrected chi connectivity index (χ4v) is 2.93. The van der Waals surface area contributed by atoms with Crippen LogP contribution >= 0.6 is 0 Å². The van der Waals surface area contributed by atoms with E-state index in [0.717, 1.165) is 0 Å². The van der Waals surface area contributed by atoms with Gasteiger partial charge in [-0.15, -0.1) is 0 Å². The van der Waals surface area contributed by atoms with Crippen LogP contribution in [-0.4, -0.2) is 22.8 Å². The predicted molar refractivity (Wildman–Crippen MR) is 87.8 cm³/mol. The van der Waals surface area contributed by atoms with Gasteiger partial charge in [0.1, 0.15) is 0 Å². The molecule has 0 bridgehead atoms. The molecule has 2 aromatic carbocycles. The summed E-state index contributed by atoms with van der Waals surface area (Å²) < 4.78 is 0. The minimum Gasteiger partial charge on any atom is -0.868 e. The summed E-state index contributed by atoms with van der Waals surface area (Å²) in [4.78, 5) is 36.7. The highest BCUT2D eigenvalue weighted by Gasteiger charge is 2.38. The molecule has 0 saturated heterocycles. The molecule has 6 heteroatoms. The van der Waals surface area contributed by atoms with E-state index < -0.39 is 29.5 Å². The average Bonchev–Trinajstić information content (AvgIpc) is 2.87. The van der Waals surface area contributed by atoms with Crippen molar-refractivity contribution in [3.63, 3.8) is 0 Å². The molecule has 0 fully saturated rings. The number of ketones is 1. The minimum absolute atomic E-state index is 0.0637. The number of benzene rings is 2. The van der Waals surface area contributed by atoms with E-state index in [0.29, 0.717) is 11.3 Å². The largest absolute Gasteiger partial charge is 0.868 e. The van der Waals surface area contributed by atoms with Crippen LogP contribution in [0.5, 0.6) is 0 Å². The molecule has 1 aliphatic rings. The van der Waals surface area contributed by atoms with Gasteiger partial charge in [-0.3, -0.25) is 14.5 Å². The number of carboxylic acids is 1. The van der Waals surface area contributed by atoms with E-state index in [1.807, 2.05) is 0 Å². The summed E-state index contributed by atoms with van der Waals surface area (Å²) >= 11 is 0. The Morgan fingerprint density at radius 2 is 1.64 bits per heavy atom. The van der Waals surface area contributed by atoms with E-state index in [1.165, 1.54) is 36.1 Å². The van der Waals surface area contributed by atoms with Crippen molar-refractivity contribution >= 4 is 23.3 Å². The van der Waals surface area contributed by atoms with Gasteiger partial charge < -0.3 is 10.2 Å². The number of rotatable bonds is 4. The molecule has 1 N–H and O–H groups in total. The Morgan fingerprint density at radius 1 is 1.04 bits per heavy atom. The van der Waals surface area contributed by atoms with Crippen molar-refractivity contribution in [2.75, 3.05) is 4.90 Å². The molecule has 0 unspecified atom stereocenters. The Morgan fingerprint density at radius 3 is 2.16 bits per heavy atom. The van der Waals surface area contributed by atoms with Gasteiger partial charge in [0.2, 0.25) is 5.91 Å². The lowest BCUT2D eigenvalue weighted by molar-refractivity contribution is -0.298. The monoisotopic (exact) mass is 336 g/mol. The van der Waals surface area contributed by atoms with Crippen LogP contribution in [-0.2, 0) is 9.59 Å². The second kappa shape index (κ2) is 6.24. The van der Waals surface area contributed by atoms with Crippen LogP contribution in [0.4, 0.5) is 5.69 Å². The fraction of sp³-hybridized carbons (Fsp3) is 0.105. The van der Waals surface area contributed by atoms with Crippen molar-refractivity contribution in [3.05, 3.63) is 77.1 Å². The van der Waals surface area contributed by atoms with Crippen molar-refractivity contribution in [3.8, 4) is 0 Å². The summed E-state index contributed by atoms with van der Waals surface area (Å²) in [6.07, 6.45) is 0. The van der Waals surface area contributed by atoms with Crippen LogP contribution in [0, 0.1) is 0 Å². The summed E-state index contributed by atoms with van der Waals surface area (Å²) in [5, 5.41) is 21.3. The van der Waals surface area contributed by atoms with Gasteiger partial charge in [-0.05, 0) is 42.5 Å². The number of carbonyl (C=O) groups excluding carboxylic acids is 2. The van der Waals surface area contributed by atoms with E-state index in [2.05, 4.69) is 0 Å². The summed E-state index contributed by atoms with van der Waals surface area (Å²) in [6.45, 7) is 1.26. The van der Waals surface area contributed by atoms with Crippen LogP contribution < -0.4 is 10.0 Å². The van der Waals surface area contributed by atoms with Crippen molar-refractivity contribution < 1.29 is 24.6 Å². The van der Waals surface area contributed by atoms with Crippen LogP contribution in [0.1, 0.15) is 28.9 Å². The van der Waals surface area contributed by atoms with E-state index >= 15 is 0 Å². The Hall–Kier alpha value is -3.41. The molecular formula is C19H14NO5-. The molecule has 1 aliphatic heterocycles. The molecular weight excluding hydrogens is 322 g/mol. The lowest BCUT2D eigenvalue weighted by Gasteiger charge is -2.27. The van der Waals surface area contributed by atoms with Gasteiger partial charge in [0.15, 0.2) is 5.78 Å². The summed E-state index contributed by atoms with van der Waals surface area (Å²) in [6, 6.07) is 13.6. The number of amides is 1. The molecule has 3 rings (SSSR count). The zero-order chi connectivity index (χ0) is 18.1. The summed E-state index contributed by atoms with van der Waals surface area (Å²) in [5.74, 6) is -3.19. The van der Waals surface area contributed by atoms with Crippen molar-refractivity contribution in [1.82, 2.24) is 0 Å². The van der Waals surface area contributed by atoms with Gasteiger partial charge in [-0.2, -0.15) is 0 Å². The topological polar surface area (TPSA) is 97.7 Å². The van der Waals surface area contributed by atoms with Crippen LogP contribution in [0.25, 0.3) is 0 Å². The Labute approximate surface area is 143 Å². The standard InChI is InChI=1S/C19H15NO5/c1-11(21)15-16(12-5-3-2-4-6-12)20(18(23)17(15)22)14-9-7-13(8-10-14)19(24)25/h2-10,16,22H,1H3,(H,24,25)/p-1/t16-/m1/s1. The number of carbonyl (C=O) groups is 3. The Bertz CT molecular complexity index is 884. The minimum atomic E-state index is -1.09. The smallest absolute Gasteiger partial charge is 0.335 e. The molecule has 0 spiro atoms. The van der Waals surface area contributed by atoms with Gasteiger partial charge in [-0.25, -0.2) is 4.79 Å². The second-order valence-corrected chi connectivity index (χ2v) is 5.64. The van der Waals surface area contributed by atoms with Gasteiger partial charge in [0.25, 0.3) is 0 Å². The number of Topliss-reactive ketones (excluding diaryl/α,β-unsaturated/α-hetero) is 1. The maximum atomic E-state index is 12.5. The number of carboxylic acid groups (broad SMARTS) is 1. The van der Waals surface area contributed by atoms with Crippen LogP contribution in [0.15, 0.2) is 65.9 Å². The molecule has 1 heterocycles. The lowest BCUT2D eigenvalue weighted by Crippen LogP contribution is -2.32. The predicted octanol–water partition coefficient (Wildman–Crippen LogP) is 1.68. The van der Waals surface area contributed by atoms with Gasteiger partial charge in [-0.1, -0.05) is 30.3 Å². The van der Waals surface area contributed by atoms with Gasteiger partial charge in [0, 0.05) is 11.3 Å². The first-order chi connectivity index (χ1) is 11.9. The molecule has 6 nitrogen and oxygen atoms in total. The second-order valence-electron chi connectivity index (χ2n) is 5.64. The molecule has 0 aliphatic carbocycles. The molecule has 0 radical (unpaired) electrons. The first-order valence-electron chi connectivity index (χ1n) is 7.55. The third-order valence-corrected chi connectivity index (χ3v) is 4.08. The van der Waals surface area contributed by atoms with Crippen LogP contribution in [0.2, 0.25) is 0 Å². The van der Waals surface area contributed by atoms with Crippen molar-refractivity contribution in [1.29, 1.82) is 0 Å². The highest BCUT2D eigenvalue weighted by atomic mass is 16.4. The zero-order valence-corrected chi connectivity index (χ0v) is 13.3. The molecule has 1 atom stereocenters. The number of aromatic carboxylic acids is 1. The molecule has 2 aromatic rings. The van der Waals surface area contributed by atoms with Crippen molar-refractivity contribution in [2.45, 2.75) is 13.0 Å². The first kappa shape index (κ1) is 16.4. The quantitative estimate of drug-likeness (QED) is 0.916. The molecule has 1 amide bonds. The summed E-state index contributed by atoms with van der Waals surface area (Å²) in [7, 11) is 0. The lowest BCUT2D eigenvalue weighted by atomic mass is 9.96. The average molecular weight is 336 g/mol. The normalized spacial score (nSPS) is 17.1. The van der Waals surface area contributed by atoms with E-state index in [9.17, 15) is 19.5 Å². The number of anilines is 1. The zero-order valence-electron chi connectivity index (χ0n) is 13.3.